The summed E-state index contributed by atoms with van der Waals surface area (Å²) in [5, 5.41) is 2.00. The number of benzene rings is 3. The summed E-state index contributed by atoms with van der Waals surface area (Å²) in [6.45, 7) is 0. The number of hydrogen-bond donors (Lipinski definition) is 2. The van der Waals surface area contributed by atoms with Crippen molar-refractivity contribution >= 4 is 38.9 Å². The number of carbonyl (C=O) groups is 1. The van der Waals surface area contributed by atoms with E-state index in [1.165, 1.54) is 12.1 Å². The van der Waals surface area contributed by atoms with E-state index >= 15 is 0 Å². The Kier molecular flexibility index (Phi) is 5.99. The Morgan fingerprint density at radius 1 is 0.800 bits per heavy atom. The fraction of sp³-hybridized carbons (Fsp3) is 0. The fourth-order valence-corrected chi connectivity index (χ4v) is 3.67. The van der Waals surface area contributed by atoms with Gasteiger partial charge in [0.1, 0.15) is 11.6 Å². The van der Waals surface area contributed by atoms with Crippen molar-refractivity contribution in [3.63, 3.8) is 0 Å². The Morgan fingerprint density at radius 2 is 1.43 bits per heavy atom. The van der Waals surface area contributed by atoms with Crippen LogP contribution in [0.4, 0.5) is 28.9 Å². The van der Waals surface area contributed by atoms with Crippen molar-refractivity contribution in [1.29, 1.82) is 0 Å². The van der Waals surface area contributed by atoms with Crippen LogP contribution in [-0.2, 0) is 10.0 Å². The Labute approximate surface area is 173 Å². The third-order valence-corrected chi connectivity index (χ3v) is 5.57. The Morgan fingerprint density at radius 3 is 2.10 bits per heavy atom. The molecule has 0 aliphatic rings. The smallest absolute Gasteiger partial charge is 0.261 e. The van der Waals surface area contributed by atoms with E-state index in [1.54, 1.807) is 0 Å². The highest BCUT2D eigenvalue weighted by molar-refractivity contribution is 7.92. The van der Waals surface area contributed by atoms with Crippen LogP contribution >= 0.6 is 11.6 Å². The molecule has 0 saturated carbocycles. The molecule has 30 heavy (non-hydrogen) atoms. The van der Waals surface area contributed by atoms with Crippen LogP contribution in [0.1, 0.15) is 10.4 Å². The zero-order chi connectivity index (χ0) is 22.1. The van der Waals surface area contributed by atoms with Crippen LogP contribution in [0.5, 0.6) is 0 Å². The summed E-state index contributed by atoms with van der Waals surface area (Å²) >= 11 is 5.97. The van der Waals surface area contributed by atoms with Gasteiger partial charge in [0, 0.05) is 17.7 Å². The third kappa shape index (κ3) is 4.71. The van der Waals surface area contributed by atoms with Gasteiger partial charge < -0.3 is 5.32 Å². The average Bonchev–Trinajstić information content (AvgIpc) is 2.68. The molecule has 0 atom stereocenters. The van der Waals surface area contributed by atoms with E-state index in [9.17, 15) is 30.8 Å². The van der Waals surface area contributed by atoms with E-state index < -0.39 is 44.9 Å². The van der Waals surface area contributed by atoms with Crippen molar-refractivity contribution in [2.45, 2.75) is 4.90 Å². The molecule has 156 valence electrons. The lowest BCUT2D eigenvalue weighted by Crippen LogP contribution is -2.16. The van der Waals surface area contributed by atoms with E-state index in [0.717, 1.165) is 30.3 Å². The maximum absolute atomic E-state index is 13.7. The summed E-state index contributed by atoms with van der Waals surface area (Å²) in [5.74, 6) is -5.55. The minimum absolute atomic E-state index is 0.0590. The van der Waals surface area contributed by atoms with E-state index in [2.05, 4.69) is 10.0 Å². The van der Waals surface area contributed by atoms with Crippen molar-refractivity contribution in [3.05, 3.63) is 88.5 Å². The first-order chi connectivity index (χ1) is 14.1. The van der Waals surface area contributed by atoms with Gasteiger partial charge in [-0.05, 0) is 42.5 Å². The van der Waals surface area contributed by atoms with Gasteiger partial charge in [-0.2, -0.15) is 0 Å². The summed E-state index contributed by atoms with van der Waals surface area (Å²) in [6.07, 6.45) is 0. The molecule has 11 heteroatoms. The molecular formula is C19H11ClF4N2O3S. The number of nitrogens with one attached hydrogen (secondary N) is 2. The van der Waals surface area contributed by atoms with Crippen molar-refractivity contribution in [2.24, 2.45) is 0 Å². The minimum Gasteiger partial charge on any atom is -0.319 e. The van der Waals surface area contributed by atoms with Gasteiger partial charge in [0.05, 0.1) is 21.3 Å². The van der Waals surface area contributed by atoms with E-state index in [0.29, 0.717) is 6.07 Å². The molecule has 0 spiro atoms. The number of amides is 1. The predicted octanol–water partition coefficient (Wildman–Crippen LogP) is 4.95. The molecule has 0 unspecified atom stereocenters. The molecule has 0 saturated heterocycles. The van der Waals surface area contributed by atoms with Crippen LogP contribution in [0.15, 0.2) is 59.5 Å². The first kappa shape index (κ1) is 21.6. The number of halogens is 5. The maximum Gasteiger partial charge on any atom is 0.261 e. The molecule has 0 aromatic heterocycles. The Hall–Kier alpha value is -3.11. The van der Waals surface area contributed by atoms with Crippen molar-refractivity contribution in [2.75, 3.05) is 10.0 Å². The molecule has 3 aromatic rings. The van der Waals surface area contributed by atoms with Gasteiger partial charge in [-0.3, -0.25) is 9.52 Å². The fourth-order valence-electron chi connectivity index (χ4n) is 2.37. The summed E-state index contributed by atoms with van der Waals surface area (Å²) in [7, 11) is -4.16. The summed E-state index contributed by atoms with van der Waals surface area (Å²) < 4.78 is 80.1. The number of rotatable bonds is 5. The van der Waals surface area contributed by atoms with Crippen LogP contribution in [0.25, 0.3) is 0 Å². The lowest BCUT2D eigenvalue weighted by Gasteiger charge is -2.12. The third-order valence-electron chi connectivity index (χ3n) is 3.85. The van der Waals surface area contributed by atoms with Gasteiger partial charge in [-0.15, -0.1) is 0 Å². The summed E-state index contributed by atoms with van der Waals surface area (Å²) in [4.78, 5) is 12.1. The number of sulfonamides is 1. The highest BCUT2D eigenvalue weighted by Crippen LogP contribution is 2.27. The molecule has 0 aliphatic carbocycles. The molecule has 0 bridgehead atoms. The van der Waals surface area contributed by atoms with E-state index in [1.807, 2.05) is 0 Å². The topological polar surface area (TPSA) is 75.3 Å². The van der Waals surface area contributed by atoms with Crippen LogP contribution in [0.2, 0.25) is 5.02 Å². The average molecular weight is 459 g/mol. The quantitative estimate of drug-likeness (QED) is 0.419. The monoisotopic (exact) mass is 458 g/mol. The molecule has 1 amide bonds. The van der Waals surface area contributed by atoms with E-state index in [-0.39, 0.29) is 27.2 Å². The highest BCUT2D eigenvalue weighted by Gasteiger charge is 2.18. The lowest BCUT2D eigenvalue weighted by molar-refractivity contribution is 0.102. The molecule has 0 radical (unpaired) electrons. The maximum atomic E-state index is 13.7. The number of anilines is 2. The van der Waals surface area contributed by atoms with Crippen LogP contribution < -0.4 is 10.0 Å². The van der Waals surface area contributed by atoms with Crippen LogP contribution in [0.3, 0.4) is 0 Å². The second kappa shape index (κ2) is 8.33. The molecule has 0 fully saturated rings. The van der Waals surface area contributed by atoms with Gasteiger partial charge in [-0.1, -0.05) is 11.6 Å². The lowest BCUT2D eigenvalue weighted by atomic mass is 10.2. The first-order valence-corrected chi connectivity index (χ1v) is 9.97. The summed E-state index contributed by atoms with van der Waals surface area (Å²) in [6, 6.07) is 8.21. The second-order valence-corrected chi connectivity index (χ2v) is 8.04. The Bertz CT molecular complexity index is 1240. The highest BCUT2D eigenvalue weighted by atomic mass is 35.5. The molecule has 3 aromatic carbocycles. The van der Waals surface area contributed by atoms with Gasteiger partial charge in [0.2, 0.25) is 0 Å². The molecule has 0 aliphatic heterocycles. The van der Waals surface area contributed by atoms with Crippen molar-refractivity contribution < 1.29 is 30.8 Å². The second-order valence-electron chi connectivity index (χ2n) is 5.95. The van der Waals surface area contributed by atoms with Crippen molar-refractivity contribution in [3.8, 4) is 0 Å². The Balaban J connectivity index is 1.87. The van der Waals surface area contributed by atoms with Crippen molar-refractivity contribution in [1.82, 2.24) is 0 Å². The molecule has 0 heterocycles. The minimum atomic E-state index is -4.16. The standard InChI is InChI=1S/C19H11ClF4N2O3S/c20-13-6-1-10(19(27)25-18-9-15(23)14(22)8-16(18)24)7-17(13)26-30(28,29)12-4-2-11(21)3-5-12/h1-9,26H,(H,25,27). The molecule has 5 nitrogen and oxygen atoms in total. The SMILES string of the molecule is O=C(Nc1cc(F)c(F)cc1F)c1ccc(Cl)c(NS(=O)(=O)c2ccc(F)cc2)c1. The van der Waals surface area contributed by atoms with Crippen LogP contribution in [-0.4, -0.2) is 14.3 Å². The molecule has 2 N–H and O–H groups in total. The van der Waals surface area contributed by atoms with E-state index in [4.69, 9.17) is 11.6 Å². The zero-order valence-corrected chi connectivity index (χ0v) is 16.3. The number of hydrogen-bond acceptors (Lipinski definition) is 3. The molecule has 3 rings (SSSR count). The zero-order valence-electron chi connectivity index (χ0n) is 14.7. The predicted molar refractivity (Wildman–Crippen MR) is 103 cm³/mol. The molecular weight excluding hydrogens is 448 g/mol. The van der Waals surface area contributed by atoms with Gasteiger partial charge in [-0.25, -0.2) is 26.0 Å². The van der Waals surface area contributed by atoms with Crippen LogP contribution in [0, 0.1) is 23.3 Å². The normalized spacial score (nSPS) is 11.2. The van der Waals surface area contributed by atoms with Gasteiger partial charge in [0.25, 0.3) is 15.9 Å². The number of carbonyl (C=O) groups excluding carboxylic acids is 1. The largest absolute Gasteiger partial charge is 0.319 e. The first-order valence-electron chi connectivity index (χ1n) is 8.10. The van der Waals surface area contributed by atoms with Gasteiger partial charge in [0.15, 0.2) is 11.6 Å². The summed E-state index contributed by atoms with van der Waals surface area (Å²) in [5.41, 5.74) is -0.943. The van der Waals surface area contributed by atoms with Gasteiger partial charge >= 0.3 is 0 Å².